The zero-order valence-corrected chi connectivity index (χ0v) is 13.2. The van der Waals surface area contributed by atoms with Crippen LogP contribution in [-0.2, 0) is 12.3 Å². The first kappa shape index (κ1) is 14.0. The summed E-state index contributed by atoms with van der Waals surface area (Å²) in [7, 11) is 0. The number of thioether (sulfide) groups is 1. The third-order valence-corrected chi connectivity index (χ3v) is 4.90. The van der Waals surface area contributed by atoms with Gasteiger partial charge in [0.05, 0.1) is 11.2 Å². The van der Waals surface area contributed by atoms with Crippen molar-refractivity contribution in [1.82, 2.24) is 9.78 Å². The van der Waals surface area contributed by atoms with E-state index in [9.17, 15) is 0 Å². The number of nitrogens with zero attached hydrogens (tertiary/aromatic N) is 2. The molecule has 3 nitrogen and oxygen atoms in total. The number of aryl methyl sites for hydroxylation is 1. The minimum atomic E-state index is 0.851. The lowest BCUT2D eigenvalue weighted by atomic mass is 10.2. The monoisotopic (exact) mass is 297 g/mol. The molecule has 0 spiro atoms. The van der Waals surface area contributed by atoms with Crippen LogP contribution >= 0.6 is 11.8 Å². The number of aromatic nitrogens is 2. The van der Waals surface area contributed by atoms with E-state index in [0.29, 0.717) is 0 Å². The number of hydrogen-bond donors (Lipinski definition) is 1. The van der Waals surface area contributed by atoms with Crippen LogP contribution in [0.5, 0.6) is 0 Å². The molecule has 0 atom stereocenters. The molecule has 0 bridgehead atoms. The van der Waals surface area contributed by atoms with E-state index in [1.54, 1.807) is 11.8 Å². The van der Waals surface area contributed by atoms with Crippen molar-refractivity contribution in [3.05, 3.63) is 53.7 Å². The zero-order chi connectivity index (χ0) is 14.8. The summed E-state index contributed by atoms with van der Waals surface area (Å²) in [5, 5.41) is 5.98. The largest absolute Gasteiger partial charge is 0.398 e. The van der Waals surface area contributed by atoms with Gasteiger partial charge in [0, 0.05) is 28.3 Å². The van der Waals surface area contributed by atoms with Crippen LogP contribution in [0.1, 0.15) is 18.2 Å². The quantitative estimate of drug-likeness (QED) is 0.578. The van der Waals surface area contributed by atoms with Crippen molar-refractivity contribution >= 4 is 28.4 Å². The molecule has 0 aliphatic rings. The average molecular weight is 297 g/mol. The summed E-state index contributed by atoms with van der Waals surface area (Å²) < 4.78 is 2.07. The van der Waals surface area contributed by atoms with Crippen LogP contribution in [0.3, 0.4) is 0 Å². The molecule has 0 radical (unpaired) electrons. The summed E-state index contributed by atoms with van der Waals surface area (Å²) in [6, 6.07) is 14.5. The highest BCUT2D eigenvalue weighted by Crippen LogP contribution is 2.30. The fourth-order valence-electron chi connectivity index (χ4n) is 2.48. The van der Waals surface area contributed by atoms with Crippen molar-refractivity contribution in [2.75, 3.05) is 5.73 Å². The van der Waals surface area contributed by atoms with Gasteiger partial charge in [-0.2, -0.15) is 5.10 Å². The van der Waals surface area contributed by atoms with Crippen LogP contribution in [0.25, 0.3) is 10.9 Å². The third-order valence-electron chi connectivity index (χ3n) is 3.72. The average Bonchev–Trinajstić information content (AvgIpc) is 2.87. The normalized spacial score (nSPS) is 11.1. The Kier molecular flexibility index (Phi) is 3.88. The molecule has 3 aromatic rings. The van der Waals surface area contributed by atoms with Crippen LogP contribution in [0.4, 0.5) is 5.69 Å². The summed E-state index contributed by atoms with van der Waals surface area (Å²) in [6.45, 7) is 5.08. The number of nitrogen functional groups attached to an aromatic ring is 1. The van der Waals surface area contributed by atoms with Crippen molar-refractivity contribution in [2.45, 2.75) is 31.0 Å². The molecule has 0 fully saturated rings. The van der Waals surface area contributed by atoms with Gasteiger partial charge >= 0.3 is 0 Å². The lowest BCUT2D eigenvalue weighted by Gasteiger charge is -2.06. The minimum absolute atomic E-state index is 0.851. The molecule has 4 heteroatoms. The number of rotatable bonds is 4. The van der Waals surface area contributed by atoms with Crippen molar-refractivity contribution < 1.29 is 0 Å². The molecule has 2 N–H and O–H groups in total. The highest BCUT2D eigenvalue weighted by Gasteiger charge is 2.10. The van der Waals surface area contributed by atoms with Gasteiger partial charge in [0.15, 0.2) is 0 Å². The number of para-hydroxylation sites is 1. The maximum atomic E-state index is 5.97. The fraction of sp³-hybridized carbons (Fsp3) is 0.235. The molecule has 108 valence electrons. The predicted octanol–water partition coefficient (Wildman–Crippen LogP) is 4.24. The maximum absolute atomic E-state index is 5.97. The number of anilines is 1. The second-order valence-electron chi connectivity index (χ2n) is 5.04. The van der Waals surface area contributed by atoms with E-state index in [1.807, 2.05) is 12.1 Å². The van der Waals surface area contributed by atoms with Crippen molar-refractivity contribution in [1.29, 1.82) is 0 Å². The smallest absolute Gasteiger partial charge is 0.0805 e. The van der Waals surface area contributed by atoms with Crippen LogP contribution < -0.4 is 5.73 Å². The van der Waals surface area contributed by atoms with E-state index in [-0.39, 0.29) is 0 Å². The van der Waals surface area contributed by atoms with Gasteiger partial charge < -0.3 is 5.73 Å². The van der Waals surface area contributed by atoms with E-state index in [0.717, 1.165) is 29.2 Å². The van der Waals surface area contributed by atoms with E-state index in [1.165, 1.54) is 15.8 Å². The number of fused-ring (bicyclic) bond motifs is 1. The molecule has 0 amide bonds. The highest BCUT2D eigenvalue weighted by molar-refractivity contribution is 7.98. The van der Waals surface area contributed by atoms with Crippen LogP contribution in [-0.4, -0.2) is 9.78 Å². The SMILES string of the molecule is CCn1nc(CSc2cccc(N)c2C)c2ccccc21. The van der Waals surface area contributed by atoms with E-state index < -0.39 is 0 Å². The van der Waals surface area contributed by atoms with Crippen molar-refractivity contribution in [3.63, 3.8) is 0 Å². The van der Waals surface area contributed by atoms with Gasteiger partial charge in [-0.15, -0.1) is 11.8 Å². The Hall–Kier alpha value is -1.94. The van der Waals surface area contributed by atoms with Gasteiger partial charge in [0.2, 0.25) is 0 Å². The van der Waals surface area contributed by atoms with Gasteiger partial charge in [-0.1, -0.05) is 24.3 Å². The van der Waals surface area contributed by atoms with Crippen molar-refractivity contribution in [2.24, 2.45) is 0 Å². The van der Waals surface area contributed by atoms with Gasteiger partial charge in [-0.05, 0) is 37.6 Å². The zero-order valence-electron chi connectivity index (χ0n) is 12.3. The molecule has 2 aromatic carbocycles. The molecule has 21 heavy (non-hydrogen) atoms. The number of benzene rings is 2. The first-order chi connectivity index (χ1) is 10.2. The Morgan fingerprint density at radius 3 is 2.76 bits per heavy atom. The molecule has 1 heterocycles. The molecule has 3 rings (SSSR count). The molecular formula is C17H19N3S. The second kappa shape index (κ2) is 5.82. The highest BCUT2D eigenvalue weighted by atomic mass is 32.2. The van der Waals surface area contributed by atoms with Crippen LogP contribution in [0.15, 0.2) is 47.4 Å². The molecule has 0 aliphatic heterocycles. The third kappa shape index (κ3) is 2.63. The van der Waals surface area contributed by atoms with E-state index in [2.05, 4.69) is 48.9 Å². The fourth-order valence-corrected chi connectivity index (χ4v) is 3.49. The maximum Gasteiger partial charge on any atom is 0.0805 e. The van der Waals surface area contributed by atoms with Gasteiger partial charge in [-0.3, -0.25) is 4.68 Å². The molecule has 0 aliphatic carbocycles. The molecular weight excluding hydrogens is 278 g/mol. The van der Waals surface area contributed by atoms with E-state index in [4.69, 9.17) is 10.8 Å². The minimum Gasteiger partial charge on any atom is -0.398 e. The Morgan fingerprint density at radius 2 is 1.95 bits per heavy atom. The number of hydrogen-bond acceptors (Lipinski definition) is 3. The lowest BCUT2D eigenvalue weighted by molar-refractivity contribution is 0.675. The topological polar surface area (TPSA) is 43.8 Å². The van der Waals surface area contributed by atoms with Gasteiger partial charge in [-0.25, -0.2) is 0 Å². The van der Waals surface area contributed by atoms with Crippen LogP contribution in [0, 0.1) is 6.92 Å². The molecule has 0 unspecified atom stereocenters. The number of nitrogens with two attached hydrogens (primary N) is 1. The lowest BCUT2D eigenvalue weighted by Crippen LogP contribution is -1.96. The summed E-state index contributed by atoms with van der Waals surface area (Å²) >= 11 is 1.80. The summed E-state index contributed by atoms with van der Waals surface area (Å²) in [4.78, 5) is 1.23. The molecule has 1 aromatic heterocycles. The first-order valence-electron chi connectivity index (χ1n) is 7.13. The Balaban J connectivity index is 1.90. The Bertz CT molecular complexity index is 777. The predicted molar refractivity (Wildman–Crippen MR) is 90.6 cm³/mol. The van der Waals surface area contributed by atoms with Gasteiger partial charge in [0.1, 0.15) is 0 Å². The summed E-state index contributed by atoms with van der Waals surface area (Å²) in [5.41, 5.74) is 10.3. The van der Waals surface area contributed by atoms with E-state index >= 15 is 0 Å². The Labute approximate surface area is 129 Å². The van der Waals surface area contributed by atoms with Crippen molar-refractivity contribution in [3.8, 4) is 0 Å². The summed E-state index contributed by atoms with van der Waals surface area (Å²) in [5.74, 6) is 0.859. The Morgan fingerprint density at radius 1 is 1.14 bits per heavy atom. The second-order valence-corrected chi connectivity index (χ2v) is 6.06. The standard InChI is InChI=1S/C17H19N3S/c1-3-20-16-9-5-4-7-13(16)15(19-20)11-21-17-10-6-8-14(18)12(17)2/h4-10H,3,11,18H2,1-2H3. The molecule has 0 saturated heterocycles. The first-order valence-corrected chi connectivity index (χ1v) is 8.11. The molecule has 0 saturated carbocycles. The van der Waals surface area contributed by atoms with Gasteiger partial charge in [0.25, 0.3) is 0 Å². The summed E-state index contributed by atoms with van der Waals surface area (Å²) in [6.07, 6.45) is 0. The van der Waals surface area contributed by atoms with Crippen LogP contribution in [0.2, 0.25) is 0 Å².